The molecule has 2 aliphatic rings. The van der Waals surface area contributed by atoms with Gasteiger partial charge in [-0.2, -0.15) is 0 Å². The molecular weight excluding hydrogens is 148 g/mol. The summed E-state index contributed by atoms with van der Waals surface area (Å²) in [6.45, 7) is 4.69. The first-order valence-corrected chi connectivity index (χ1v) is 5.28. The van der Waals surface area contributed by atoms with Gasteiger partial charge in [-0.15, -0.1) is 0 Å². The molecule has 0 aromatic carbocycles. The highest BCUT2D eigenvalue weighted by molar-refractivity contribution is 4.97. The topological polar surface area (TPSA) is 20.2 Å². The van der Waals surface area contributed by atoms with E-state index in [1.807, 2.05) is 0 Å². The van der Waals surface area contributed by atoms with Gasteiger partial charge in [-0.25, -0.2) is 0 Å². The fourth-order valence-electron chi connectivity index (χ4n) is 2.64. The van der Waals surface area contributed by atoms with Crippen LogP contribution in [0.5, 0.6) is 0 Å². The van der Waals surface area contributed by atoms with E-state index in [9.17, 15) is 5.11 Å². The molecule has 2 fully saturated rings. The fourth-order valence-corrected chi connectivity index (χ4v) is 2.64. The highest BCUT2D eigenvalue weighted by atomic mass is 16.3. The summed E-state index contributed by atoms with van der Waals surface area (Å²) in [6.07, 6.45) is 6.27. The molecule has 1 N–H and O–H groups in total. The van der Waals surface area contributed by atoms with Crippen LogP contribution in [-0.2, 0) is 0 Å². The lowest BCUT2D eigenvalue weighted by atomic mass is 9.95. The van der Waals surface area contributed by atoms with Crippen LogP contribution < -0.4 is 0 Å². The molecule has 0 aliphatic heterocycles. The lowest BCUT2D eigenvalue weighted by Crippen LogP contribution is -2.14. The molecule has 0 amide bonds. The van der Waals surface area contributed by atoms with Crippen LogP contribution >= 0.6 is 0 Å². The first-order valence-electron chi connectivity index (χ1n) is 5.28. The normalized spacial score (nSPS) is 44.8. The summed E-state index contributed by atoms with van der Waals surface area (Å²) in [6, 6.07) is 0. The van der Waals surface area contributed by atoms with Gasteiger partial charge in [-0.05, 0) is 42.9 Å². The smallest absolute Gasteiger partial charge is 0.0568 e. The van der Waals surface area contributed by atoms with Crippen LogP contribution in [0, 0.1) is 17.3 Å². The van der Waals surface area contributed by atoms with E-state index < -0.39 is 0 Å². The van der Waals surface area contributed by atoms with E-state index in [2.05, 4.69) is 13.8 Å². The van der Waals surface area contributed by atoms with Gasteiger partial charge in [0.2, 0.25) is 0 Å². The van der Waals surface area contributed by atoms with Gasteiger partial charge in [-0.1, -0.05) is 20.3 Å². The Morgan fingerprint density at radius 1 is 1.33 bits per heavy atom. The predicted octanol–water partition coefficient (Wildman–Crippen LogP) is 2.58. The molecule has 2 aliphatic carbocycles. The summed E-state index contributed by atoms with van der Waals surface area (Å²) < 4.78 is 0. The van der Waals surface area contributed by atoms with Crippen molar-refractivity contribution >= 4 is 0 Å². The first kappa shape index (κ1) is 8.55. The standard InChI is InChI=1S/C11H20O/c1-11(2)7-9(11)6-8-4-3-5-10(8)12/h8-10,12H,3-7H2,1-2H3/t8-,9?,10+/m0/s1. The lowest BCUT2D eigenvalue weighted by molar-refractivity contribution is 0.122. The van der Waals surface area contributed by atoms with Crippen LogP contribution in [0.4, 0.5) is 0 Å². The van der Waals surface area contributed by atoms with Gasteiger partial charge < -0.3 is 5.11 Å². The minimum absolute atomic E-state index is 0.0291. The van der Waals surface area contributed by atoms with E-state index in [1.165, 1.54) is 25.7 Å². The maximum atomic E-state index is 9.64. The maximum absolute atomic E-state index is 9.64. The van der Waals surface area contributed by atoms with E-state index in [4.69, 9.17) is 0 Å². The molecule has 0 aromatic rings. The molecule has 0 aromatic heterocycles. The molecule has 1 heteroatoms. The molecule has 1 nitrogen and oxygen atoms in total. The second kappa shape index (κ2) is 2.73. The van der Waals surface area contributed by atoms with E-state index in [-0.39, 0.29) is 6.10 Å². The van der Waals surface area contributed by atoms with Crippen LogP contribution in [-0.4, -0.2) is 11.2 Å². The van der Waals surface area contributed by atoms with Gasteiger partial charge >= 0.3 is 0 Å². The van der Waals surface area contributed by atoms with E-state index in [0.29, 0.717) is 11.3 Å². The molecule has 1 unspecified atom stereocenters. The second-order valence-electron chi connectivity index (χ2n) is 5.38. The summed E-state index contributed by atoms with van der Waals surface area (Å²) in [5.41, 5.74) is 0.600. The first-order chi connectivity index (χ1) is 5.59. The SMILES string of the molecule is CC1(C)CC1C[C@@H]1CCC[C@H]1O. The third kappa shape index (κ3) is 1.52. The van der Waals surface area contributed by atoms with E-state index >= 15 is 0 Å². The quantitative estimate of drug-likeness (QED) is 0.672. The third-order valence-corrected chi connectivity index (χ3v) is 3.92. The van der Waals surface area contributed by atoms with Crippen molar-refractivity contribution in [1.82, 2.24) is 0 Å². The largest absolute Gasteiger partial charge is 0.393 e. The highest BCUT2D eigenvalue weighted by Gasteiger charge is 2.47. The third-order valence-electron chi connectivity index (χ3n) is 3.92. The highest BCUT2D eigenvalue weighted by Crippen LogP contribution is 2.56. The minimum Gasteiger partial charge on any atom is -0.393 e. The molecule has 0 radical (unpaired) electrons. The van der Waals surface area contributed by atoms with Gasteiger partial charge in [0.1, 0.15) is 0 Å². The summed E-state index contributed by atoms with van der Waals surface area (Å²) in [7, 11) is 0. The Balaban J connectivity index is 1.80. The van der Waals surface area contributed by atoms with Crippen LogP contribution in [0.15, 0.2) is 0 Å². The fraction of sp³-hybridized carbons (Fsp3) is 1.00. The van der Waals surface area contributed by atoms with Gasteiger partial charge in [0.15, 0.2) is 0 Å². The molecule has 12 heavy (non-hydrogen) atoms. The summed E-state index contributed by atoms with van der Waals surface area (Å²) in [5, 5.41) is 9.64. The molecule has 0 spiro atoms. The number of hydrogen-bond donors (Lipinski definition) is 1. The number of rotatable bonds is 2. The molecule has 0 bridgehead atoms. The summed E-state index contributed by atoms with van der Waals surface area (Å²) >= 11 is 0. The molecule has 2 rings (SSSR count). The van der Waals surface area contributed by atoms with Crippen LogP contribution in [0.3, 0.4) is 0 Å². The van der Waals surface area contributed by atoms with Gasteiger partial charge in [0.05, 0.1) is 6.10 Å². The Bertz CT molecular complexity index is 174. The van der Waals surface area contributed by atoms with E-state index in [0.717, 1.165) is 12.3 Å². The van der Waals surface area contributed by atoms with Crippen LogP contribution in [0.25, 0.3) is 0 Å². The number of hydrogen-bond acceptors (Lipinski definition) is 1. The number of aliphatic hydroxyl groups is 1. The minimum atomic E-state index is 0.0291. The Hall–Kier alpha value is -0.0400. The predicted molar refractivity (Wildman–Crippen MR) is 49.9 cm³/mol. The molecule has 2 saturated carbocycles. The summed E-state index contributed by atoms with van der Waals surface area (Å²) in [4.78, 5) is 0. The molecular formula is C11H20O. The van der Waals surface area contributed by atoms with Crippen molar-refractivity contribution in [2.24, 2.45) is 17.3 Å². The Morgan fingerprint density at radius 3 is 2.42 bits per heavy atom. The van der Waals surface area contributed by atoms with Crippen molar-refractivity contribution in [3.05, 3.63) is 0 Å². The van der Waals surface area contributed by atoms with Crippen LogP contribution in [0.2, 0.25) is 0 Å². The van der Waals surface area contributed by atoms with Crippen molar-refractivity contribution in [2.75, 3.05) is 0 Å². The van der Waals surface area contributed by atoms with Crippen molar-refractivity contribution in [3.63, 3.8) is 0 Å². The monoisotopic (exact) mass is 168 g/mol. The lowest BCUT2D eigenvalue weighted by Gasteiger charge is -2.14. The maximum Gasteiger partial charge on any atom is 0.0568 e. The van der Waals surface area contributed by atoms with Crippen molar-refractivity contribution in [3.8, 4) is 0 Å². The van der Waals surface area contributed by atoms with Crippen molar-refractivity contribution in [1.29, 1.82) is 0 Å². The average molecular weight is 168 g/mol. The van der Waals surface area contributed by atoms with Crippen molar-refractivity contribution < 1.29 is 5.11 Å². The van der Waals surface area contributed by atoms with Gasteiger partial charge in [0.25, 0.3) is 0 Å². The van der Waals surface area contributed by atoms with Crippen LogP contribution in [0.1, 0.15) is 46.0 Å². The Kier molecular flexibility index (Phi) is 1.95. The Labute approximate surface area is 75.2 Å². The zero-order chi connectivity index (χ0) is 8.77. The van der Waals surface area contributed by atoms with E-state index in [1.54, 1.807) is 0 Å². The molecule has 0 saturated heterocycles. The zero-order valence-electron chi connectivity index (χ0n) is 8.21. The molecule has 70 valence electrons. The molecule has 0 heterocycles. The Morgan fingerprint density at radius 2 is 2.00 bits per heavy atom. The average Bonchev–Trinajstić information content (AvgIpc) is 2.39. The van der Waals surface area contributed by atoms with Gasteiger partial charge in [0, 0.05) is 0 Å². The van der Waals surface area contributed by atoms with Gasteiger partial charge in [-0.3, -0.25) is 0 Å². The molecule has 3 atom stereocenters. The van der Waals surface area contributed by atoms with Crippen molar-refractivity contribution in [2.45, 2.75) is 52.1 Å². The summed E-state index contributed by atoms with van der Waals surface area (Å²) in [5.74, 6) is 1.55. The second-order valence-corrected chi connectivity index (χ2v) is 5.38. The number of aliphatic hydroxyl groups excluding tert-OH is 1. The zero-order valence-corrected chi connectivity index (χ0v) is 8.21.